The summed E-state index contributed by atoms with van der Waals surface area (Å²) in [7, 11) is 0. The van der Waals surface area contributed by atoms with Gasteiger partial charge < -0.3 is 14.2 Å². The maximum atomic E-state index is 12.4. The van der Waals surface area contributed by atoms with Crippen molar-refractivity contribution >= 4 is 23.5 Å². The number of rotatable bonds is 5. The third-order valence-electron chi connectivity index (χ3n) is 3.84. The van der Waals surface area contributed by atoms with Crippen LogP contribution >= 0.6 is 11.6 Å². The molecule has 1 heterocycles. The largest absolute Gasteiger partial charge is 0.463 e. The molecule has 0 amide bonds. The van der Waals surface area contributed by atoms with E-state index in [4.69, 9.17) is 25.8 Å². The smallest absolute Gasteiger partial charge is 0.353 e. The van der Waals surface area contributed by atoms with Gasteiger partial charge in [-0.15, -0.1) is 0 Å². The molecule has 1 saturated heterocycles. The highest BCUT2D eigenvalue weighted by Crippen LogP contribution is 2.27. The van der Waals surface area contributed by atoms with Crippen molar-refractivity contribution in [3.63, 3.8) is 0 Å². The van der Waals surface area contributed by atoms with Crippen LogP contribution in [-0.2, 0) is 30.2 Å². The molecular weight excluding hydrogens is 320 g/mol. The average molecular weight is 341 g/mol. The van der Waals surface area contributed by atoms with Crippen molar-refractivity contribution in [3.05, 3.63) is 34.3 Å². The fraction of sp³-hybridized carbons (Fsp3) is 0.529. The molecule has 0 saturated carbocycles. The number of halogens is 1. The molecule has 1 atom stereocenters. The van der Waals surface area contributed by atoms with Gasteiger partial charge in [0.2, 0.25) is 5.60 Å². The molecule has 0 aliphatic carbocycles. The number of benzene rings is 1. The molecule has 0 bridgehead atoms. The Morgan fingerprint density at radius 3 is 2.78 bits per heavy atom. The fourth-order valence-corrected chi connectivity index (χ4v) is 2.89. The Balaban J connectivity index is 2.13. The second kappa shape index (κ2) is 7.79. The van der Waals surface area contributed by atoms with E-state index in [1.165, 1.54) is 0 Å². The first-order valence-electron chi connectivity index (χ1n) is 7.69. The van der Waals surface area contributed by atoms with Gasteiger partial charge in [-0.05, 0) is 37.5 Å². The van der Waals surface area contributed by atoms with Crippen LogP contribution in [-0.4, -0.2) is 37.4 Å². The minimum absolute atomic E-state index is 0.00661. The van der Waals surface area contributed by atoms with Crippen LogP contribution < -0.4 is 0 Å². The molecule has 1 fully saturated rings. The predicted octanol–water partition coefficient (Wildman–Crippen LogP) is 2.85. The van der Waals surface area contributed by atoms with Crippen LogP contribution in [0, 0.1) is 6.92 Å². The Bertz CT molecular complexity index is 558. The molecule has 1 aliphatic rings. The lowest BCUT2D eigenvalue weighted by molar-refractivity contribution is -0.196. The van der Waals surface area contributed by atoms with Crippen molar-refractivity contribution in [1.82, 2.24) is 0 Å². The first-order valence-corrected chi connectivity index (χ1v) is 8.07. The van der Waals surface area contributed by atoms with Crippen molar-refractivity contribution in [1.29, 1.82) is 0 Å². The molecule has 5 nitrogen and oxygen atoms in total. The number of hydrogen-bond donors (Lipinski definition) is 0. The van der Waals surface area contributed by atoms with Crippen molar-refractivity contribution in [2.75, 3.05) is 19.8 Å². The molecule has 0 N–H and O–H groups in total. The Labute approximate surface area is 140 Å². The molecule has 0 radical (unpaired) electrons. The van der Waals surface area contributed by atoms with E-state index in [2.05, 4.69) is 0 Å². The zero-order chi connectivity index (χ0) is 16.9. The summed E-state index contributed by atoms with van der Waals surface area (Å²) in [6.07, 6.45) is 1.04. The number of carbonyl (C=O) groups is 2. The number of esters is 2. The van der Waals surface area contributed by atoms with E-state index < -0.39 is 17.5 Å². The van der Waals surface area contributed by atoms with E-state index >= 15 is 0 Å². The minimum Gasteiger partial charge on any atom is -0.463 e. The molecular formula is C17H21ClO5. The maximum absolute atomic E-state index is 12.4. The highest BCUT2D eigenvalue weighted by atomic mass is 35.5. The van der Waals surface area contributed by atoms with Crippen LogP contribution in [0.5, 0.6) is 0 Å². The highest BCUT2D eigenvalue weighted by molar-refractivity contribution is 6.31. The molecule has 1 unspecified atom stereocenters. The quantitative estimate of drug-likeness (QED) is 0.771. The van der Waals surface area contributed by atoms with E-state index in [0.717, 1.165) is 5.56 Å². The van der Waals surface area contributed by atoms with Gasteiger partial charge in [-0.3, -0.25) is 4.79 Å². The second-order valence-electron chi connectivity index (χ2n) is 5.56. The molecule has 0 aromatic heterocycles. The number of carbonyl (C=O) groups excluding carboxylic acids is 2. The van der Waals surface area contributed by atoms with Crippen LogP contribution in [0.4, 0.5) is 0 Å². The van der Waals surface area contributed by atoms with E-state index in [0.29, 0.717) is 30.0 Å². The summed E-state index contributed by atoms with van der Waals surface area (Å²) in [4.78, 5) is 24.6. The molecule has 23 heavy (non-hydrogen) atoms. The zero-order valence-electron chi connectivity index (χ0n) is 13.4. The molecule has 6 heteroatoms. The highest BCUT2D eigenvalue weighted by Gasteiger charge is 2.46. The summed E-state index contributed by atoms with van der Waals surface area (Å²) in [6, 6.07) is 5.42. The standard InChI is InChI=1S/C17H21ClO5/c1-3-22-16(20)17(8-5-9-21-11-17)23-15(19)10-13-12(2)6-4-7-14(13)18/h4,6-7H,3,5,8-11H2,1-2H3. The van der Waals surface area contributed by atoms with Gasteiger partial charge in [0.25, 0.3) is 0 Å². The summed E-state index contributed by atoms with van der Waals surface area (Å²) in [5.74, 6) is -1.07. The van der Waals surface area contributed by atoms with Gasteiger partial charge >= 0.3 is 11.9 Å². The van der Waals surface area contributed by atoms with E-state index in [-0.39, 0.29) is 19.6 Å². The maximum Gasteiger partial charge on any atom is 0.353 e. The third kappa shape index (κ3) is 4.24. The predicted molar refractivity (Wildman–Crippen MR) is 85.4 cm³/mol. The monoisotopic (exact) mass is 340 g/mol. The molecule has 126 valence electrons. The van der Waals surface area contributed by atoms with Crippen molar-refractivity contribution < 1.29 is 23.8 Å². The van der Waals surface area contributed by atoms with Gasteiger partial charge in [-0.25, -0.2) is 4.79 Å². The van der Waals surface area contributed by atoms with E-state index in [1.54, 1.807) is 13.0 Å². The Morgan fingerprint density at radius 1 is 1.39 bits per heavy atom. The zero-order valence-corrected chi connectivity index (χ0v) is 14.1. The molecule has 1 aliphatic heterocycles. The Morgan fingerprint density at radius 2 is 2.17 bits per heavy atom. The summed E-state index contributed by atoms with van der Waals surface area (Å²) >= 11 is 6.14. The molecule has 1 aromatic carbocycles. The second-order valence-corrected chi connectivity index (χ2v) is 5.96. The van der Waals surface area contributed by atoms with Crippen molar-refractivity contribution in [2.45, 2.75) is 38.7 Å². The van der Waals surface area contributed by atoms with Crippen molar-refractivity contribution in [2.24, 2.45) is 0 Å². The van der Waals surface area contributed by atoms with E-state index in [1.807, 2.05) is 19.1 Å². The minimum atomic E-state index is -1.35. The van der Waals surface area contributed by atoms with Gasteiger partial charge in [0.15, 0.2) is 0 Å². The average Bonchev–Trinajstić information content (AvgIpc) is 2.52. The van der Waals surface area contributed by atoms with Crippen LogP contribution in [0.25, 0.3) is 0 Å². The SMILES string of the molecule is CCOC(=O)C1(OC(=O)Cc2c(C)cccc2Cl)CCCOC1. The number of hydrogen-bond acceptors (Lipinski definition) is 5. The van der Waals surface area contributed by atoms with Crippen LogP contribution in [0.2, 0.25) is 5.02 Å². The van der Waals surface area contributed by atoms with Gasteiger partial charge in [0.1, 0.15) is 0 Å². The first kappa shape index (κ1) is 17.8. The molecule has 1 aromatic rings. The Hall–Kier alpha value is -1.59. The van der Waals surface area contributed by atoms with E-state index in [9.17, 15) is 9.59 Å². The lowest BCUT2D eigenvalue weighted by Crippen LogP contribution is -2.51. The summed E-state index contributed by atoms with van der Waals surface area (Å²) in [5, 5.41) is 0.507. The summed E-state index contributed by atoms with van der Waals surface area (Å²) < 4.78 is 15.9. The van der Waals surface area contributed by atoms with Crippen LogP contribution in [0.3, 0.4) is 0 Å². The number of ether oxygens (including phenoxy) is 3. The van der Waals surface area contributed by atoms with Crippen molar-refractivity contribution in [3.8, 4) is 0 Å². The third-order valence-corrected chi connectivity index (χ3v) is 4.19. The van der Waals surface area contributed by atoms with Crippen LogP contribution in [0.1, 0.15) is 30.9 Å². The van der Waals surface area contributed by atoms with Gasteiger partial charge in [0, 0.05) is 18.1 Å². The molecule has 2 rings (SSSR count). The number of aryl methyl sites for hydroxylation is 1. The lowest BCUT2D eigenvalue weighted by Gasteiger charge is -2.34. The van der Waals surface area contributed by atoms with Gasteiger partial charge in [-0.1, -0.05) is 23.7 Å². The Kier molecular flexibility index (Phi) is 6.02. The lowest BCUT2D eigenvalue weighted by atomic mass is 9.96. The summed E-state index contributed by atoms with van der Waals surface area (Å²) in [6.45, 7) is 4.38. The van der Waals surface area contributed by atoms with Crippen LogP contribution in [0.15, 0.2) is 18.2 Å². The van der Waals surface area contributed by atoms with Gasteiger partial charge in [-0.2, -0.15) is 0 Å². The molecule has 0 spiro atoms. The fourth-order valence-electron chi connectivity index (χ4n) is 2.60. The normalized spacial score (nSPS) is 20.8. The first-order chi connectivity index (χ1) is 11.0. The topological polar surface area (TPSA) is 61.8 Å². The van der Waals surface area contributed by atoms with Gasteiger partial charge in [0.05, 0.1) is 19.6 Å². The summed E-state index contributed by atoms with van der Waals surface area (Å²) in [5.41, 5.74) is 0.259.